The number of aliphatic hydroxyl groups is 6. The number of rotatable bonds is 18. The molecule has 0 radical (unpaired) electrons. The number of ether oxygens (including phenoxy) is 8. The fraction of sp³-hybridized carbons (Fsp3) is 0.875. The number of carbonyl (C=O) groups excluding carboxylic acids is 4. The third kappa shape index (κ3) is 23.9. The van der Waals surface area contributed by atoms with Crippen molar-refractivity contribution >= 4 is 34.9 Å². The van der Waals surface area contributed by atoms with Crippen LogP contribution >= 0.6 is 0 Å². The first-order valence-corrected chi connectivity index (χ1v) is 38.1. The SMILES string of the molecule is C.C.C#CCCN(C)[C@H]1C[C@@H](C)O[C@@H](O[C@@H]2[C@@H](C)C(=O)[C@@H](C)C(=O)O[C@H](CC)[C@@](C)(O)[C@H](O)[C@@H](C)/C(=N/OC3CCC(N)CC3)[C@H](C)C[C@@]2(C)OC)[C@@H]1O.C#CCCN(C)[C@H]1C[C@@H](C)O[C@@H](O[C@@H]2[C@@H](C)C(=O)[C@@H](C)C(=O)O[C@H](CC)[C@@](C)(O)[C@H](O)[C@@H](C)/C(=N/OC3CCCCC3)[C@H](C)C[C@@]2(C)OC)[C@@H]1O. The number of esters is 2. The van der Waals surface area contributed by atoms with Gasteiger partial charge < -0.3 is 83.9 Å². The van der Waals surface area contributed by atoms with Crippen LogP contribution in [0.5, 0.6) is 0 Å². The molecule has 0 aromatic rings. The van der Waals surface area contributed by atoms with E-state index in [0.29, 0.717) is 50.2 Å². The Morgan fingerprint density at radius 1 is 0.552 bits per heavy atom. The van der Waals surface area contributed by atoms with Crippen molar-refractivity contribution in [3.63, 3.8) is 0 Å². The number of hydrogen-bond donors (Lipinski definition) is 7. The molecule has 0 unspecified atom stereocenters. The van der Waals surface area contributed by atoms with Gasteiger partial charge in [0.05, 0.1) is 59.2 Å². The number of oxime groups is 2. The summed E-state index contributed by atoms with van der Waals surface area (Å²) in [5.74, 6) is -3.98. The van der Waals surface area contributed by atoms with Crippen LogP contribution in [0.25, 0.3) is 0 Å². The van der Waals surface area contributed by atoms with Crippen molar-refractivity contribution in [3.05, 3.63) is 0 Å². The van der Waals surface area contributed by atoms with Crippen molar-refractivity contribution in [3.8, 4) is 24.7 Å². The molecule has 0 spiro atoms. The number of hydrogen-bond acceptors (Lipinski definition) is 25. The number of terminal acetylenes is 2. The Labute approximate surface area is 630 Å². The van der Waals surface area contributed by atoms with E-state index in [-0.39, 0.29) is 83.1 Å². The molecule has 0 aromatic carbocycles. The fourth-order valence-electron chi connectivity index (χ4n) is 16.5. The van der Waals surface area contributed by atoms with Gasteiger partial charge in [-0.15, -0.1) is 24.7 Å². The van der Waals surface area contributed by atoms with Gasteiger partial charge >= 0.3 is 11.9 Å². The Morgan fingerprint density at radius 3 is 1.22 bits per heavy atom. The zero-order valence-corrected chi connectivity index (χ0v) is 65.8. The molecule has 2 saturated carbocycles. The van der Waals surface area contributed by atoms with E-state index in [4.69, 9.17) is 66.2 Å². The first-order valence-electron chi connectivity index (χ1n) is 38.1. The third-order valence-corrected chi connectivity index (χ3v) is 23.6. The lowest BCUT2D eigenvalue weighted by atomic mass is 9.74. The molecule has 26 atom stereocenters. The summed E-state index contributed by atoms with van der Waals surface area (Å²) in [6, 6.07) is -0.542. The van der Waals surface area contributed by atoms with Crippen LogP contribution in [0.15, 0.2) is 10.3 Å². The summed E-state index contributed by atoms with van der Waals surface area (Å²) in [4.78, 5) is 71.8. The highest BCUT2D eigenvalue weighted by Crippen LogP contribution is 2.42. The second kappa shape index (κ2) is 42.2. The number of cyclic esters (lactones) is 2. The van der Waals surface area contributed by atoms with Crippen molar-refractivity contribution in [1.29, 1.82) is 0 Å². The molecule has 6 rings (SSSR count). The standard InChI is InChI=1S/C39H67N3O10.C39H66N2O10.2CH4/c1-12-14-19-42(10)29-20-23(4)49-37(33(29)44)51-35-25(6)32(43)26(7)36(46)50-30(13-2)39(9,47)34(45)24(5)31(22(3)21-38(35,8)48-11)41-52-28-17-15-27(40)16-18-28;1-12-14-20-41(10)29-21-24(4)48-37(33(29)43)50-35-26(6)32(42)27(7)36(45)49-30(13-2)39(9,46)34(44)25(5)31(23(3)22-38(35,8)47-11)40-51-28-18-16-15-17-19-28;;/h1,22-30,33-35,37,44-45,47H,13-21,40H2,2-11H3;1,23-30,33-35,37,43-44,46H,13-22H2,2-11H3;2*1H4/b41-31+;40-31+;;/t22-,23-,24+,25+,26-,27?,28?,29+,30-,33-,34-,35-,37+,38-,39-;23-,24-,25+,26+,27-,29+,30-,33-,34-,35-,37+,38-,39-;;/m11../s1. The molecule has 0 aromatic heterocycles. The van der Waals surface area contributed by atoms with E-state index in [9.17, 15) is 49.8 Å². The van der Waals surface area contributed by atoms with Gasteiger partial charge in [0.15, 0.2) is 24.1 Å². The van der Waals surface area contributed by atoms with Gasteiger partial charge in [0.2, 0.25) is 0 Å². The van der Waals surface area contributed by atoms with Gasteiger partial charge in [0, 0.05) is 93.8 Å². The second-order valence-corrected chi connectivity index (χ2v) is 31.9. The predicted molar refractivity (Wildman–Crippen MR) is 404 cm³/mol. The van der Waals surface area contributed by atoms with Gasteiger partial charge in [-0.05, 0) is 159 Å². The van der Waals surface area contributed by atoms with E-state index in [1.165, 1.54) is 41.9 Å². The smallest absolute Gasteiger partial charge is 0.316 e. The summed E-state index contributed by atoms with van der Waals surface area (Å²) in [6.07, 6.45) is 9.70. The lowest BCUT2D eigenvalue weighted by molar-refractivity contribution is -0.296. The molecular formula is C80H141N5O20. The van der Waals surface area contributed by atoms with Crippen LogP contribution in [-0.4, -0.2) is 243 Å². The number of carbonyl (C=O) groups is 4. The molecule has 0 amide bonds. The van der Waals surface area contributed by atoms with E-state index < -0.39 is 155 Å². The maximum Gasteiger partial charge on any atom is 0.316 e. The minimum atomic E-state index is -1.90. The van der Waals surface area contributed by atoms with Crippen LogP contribution in [0.2, 0.25) is 0 Å². The van der Waals surface area contributed by atoms with Gasteiger partial charge in [-0.25, -0.2) is 0 Å². The fourth-order valence-corrected chi connectivity index (χ4v) is 16.5. The van der Waals surface area contributed by atoms with Gasteiger partial charge in [0.1, 0.15) is 59.7 Å². The Bertz CT molecular complexity index is 2840. The molecule has 4 saturated heterocycles. The van der Waals surface area contributed by atoms with Gasteiger partial charge in [-0.3, -0.25) is 29.0 Å². The van der Waals surface area contributed by atoms with Crippen molar-refractivity contribution in [2.24, 2.45) is 63.4 Å². The molecular weight excluding hydrogens is 1350 g/mol. The van der Waals surface area contributed by atoms with Crippen molar-refractivity contribution < 1.29 is 97.4 Å². The van der Waals surface area contributed by atoms with Crippen LogP contribution in [0.1, 0.15) is 235 Å². The lowest BCUT2D eigenvalue weighted by Crippen LogP contribution is -2.60. The summed E-state index contributed by atoms with van der Waals surface area (Å²) in [7, 11) is 6.84. The van der Waals surface area contributed by atoms with E-state index in [0.717, 1.165) is 57.8 Å². The molecule has 8 N–H and O–H groups in total. The first kappa shape index (κ1) is 94.9. The normalized spacial score (nSPS) is 42.0. The predicted octanol–water partition coefficient (Wildman–Crippen LogP) is 8.71. The topological polar surface area (TPSA) is 339 Å². The Kier molecular flexibility index (Phi) is 38.2. The summed E-state index contributed by atoms with van der Waals surface area (Å²) in [5, 5.41) is 79.7. The minimum Gasteiger partial charge on any atom is -0.459 e. The molecule has 25 heteroatoms. The number of nitrogens with two attached hydrogens (primary N) is 1. The highest BCUT2D eigenvalue weighted by molar-refractivity contribution is 6.01. The summed E-state index contributed by atoms with van der Waals surface area (Å²) in [5.41, 5.74) is 0.883. The third-order valence-electron chi connectivity index (χ3n) is 23.6. The highest BCUT2D eigenvalue weighted by Gasteiger charge is 2.55. The maximum atomic E-state index is 14.2. The monoisotopic (exact) mass is 1490 g/mol. The quantitative estimate of drug-likeness (QED) is 0.0292. The number of ketones is 2. The zero-order chi connectivity index (χ0) is 77.4. The molecule has 25 nitrogen and oxygen atoms in total. The van der Waals surface area contributed by atoms with Crippen LogP contribution in [0, 0.1) is 72.0 Å². The number of methoxy groups -OCH3 is 2. The van der Waals surface area contributed by atoms with Crippen LogP contribution in [0.3, 0.4) is 0 Å². The molecule has 105 heavy (non-hydrogen) atoms. The number of aliphatic hydroxyl groups excluding tert-OH is 4. The second-order valence-electron chi connectivity index (χ2n) is 31.9. The molecule has 4 heterocycles. The Hall–Kier alpha value is -4.26. The van der Waals surface area contributed by atoms with Crippen molar-refractivity contribution in [1.82, 2.24) is 9.80 Å². The highest BCUT2D eigenvalue weighted by atomic mass is 16.7. The van der Waals surface area contributed by atoms with Crippen molar-refractivity contribution in [2.75, 3.05) is 41.4 Å². The summed E-state index contributed by atoms with van der Waals surface area (Å²) < 4.78 is 49.9. The van der Waals surface area contributed by atoms with E-state index in [2.05, 4.69) is 22.2 Å². The maximum absolute atomic E-state index is 14.2. The first-order chi connectivity index (χ1) is 48.2. The molecule has 606 valence electrons. The Balaban J connectivity index is 0.000000535. The van der Waals surface area contributed by atoms with Gasteiger partial charge in [0.25, 0.3) is 0 Å². The van der Waals surface area contributed by atoms with Crippen LogP contribution in [-0.2, 0) is 66.7 Å². The van der Waals surface area contributed by atoms with E-state index in [1.807, 2.05) is 65.4 Å². The molecule has 6 fully saturated rings. The molecule has 2 aliphatic carbocycles. The van der Waals surface area contributed by atoms with Crippen LogP contribution in [0.4, 0.5) is 0 Å². The average molecular weight is 1490 g/mol. The van der Waals surface area contributed by atoms with Crippen LogP contribution < -0.4 is 5.73 Å². The average Bonchev–Trinajstić information content (AvgIpc) is 0.781. The number of Topliss-reactive ketones (excluding diaryl/α,β-unsaturated/α-hetero) is 2. The van der Waals surface area contributed by atoms with E-state index >= 15 is 0 Å². The Morgan fingerprint density at radius 2 is 0.895 bits per heavy atom. The van der Waals surface area contributed by atoms with Crippen molar-refractivity contribution in [2.45, 2.75) is 361 Å². The van der Waals surface area contributed by atoms with Gasteiger partial charge in [-0.2, -0.15) is 0 Å². The minimum absolute atomic E-state index is 0. The lowest BCUT2D eigenvalue weighted by Gasteiger charge is -2.47. The molecule has 6 aliphatic rings. The summed E-state index contributed by atoms with van der Waals surface area (Å²) in [6.45, 7) is 28.6. The number of likely N-dealkylation sites (N-methyl/N-ethyl adjacent to an activating group) is 2. The molecule has 0 bridgehead atoms. The van der Waals surface area contributed by atoms with Gasteiger partial charge in [-0.1, -0.05) is 87.0 Å². The molecule has 4 aliphatic heterocycles. The summed E-state index contributed by atoms with van der Waals surface area (Å²) >= 11 is 0. The van der Waals surface area contributed by atoms with E-state index in [1.54, 1.807) is 41.5 Å². The largest absolute Gasteiger partial charge is 0.459 e. The zero-order valence-electron chi connectivity index (χ0n) is 65.8. The number of nitrogens with zero attached hydrogens (tertiary/aromatic N) is 4.